The van der Waals surface area contributed by atoms with Gasteiger partial charge in [-0.25, -0.2) is 4.68 Å². The molecule has 0 radical (unpaired) electrons. The quantitative estimate of drug-likeness (QED) is 0.396. The molecule has 3 aromatic heterocycles. The van der Waals surface area contributed by atoms with Gasteiger partial charge in [-0.2, -0.15) is 5.10 Å². The second-order valence-electron chi connectivity index (χ2n) is 6.85. The van der Waals surface area contributed by atoms with E-state index in [1.165, 1.54) is 0 Å². The first kappa shape index (κ1) is 20.4. The van der Waals surface area contributed by atoms with E-state index in [-0.39, 0.29) is 0 Å². The van der Waals surface area contributed by atoms with Gasteiger partial charge in [-0.15, -0.1) is 0 Å². The second-order valence-corrected chi connectivity index (χ2v) is 7.12. The lowest BCUT2D eigenvalue weighted by atomic mass is 10.0. The molecule has 0 fully saturated rings. The van der Waals surface area contributed by atoms with Crippen molar-refractivity contribution in [3.8, 4) is 28.2 Å². The van der Waals surface area contributed by atoms with Gasteiger partial charge >= 0.3 is 0 Å². The van der Waals surface area contributed by atoms with Crippen LogP contribution < -0.4 is 5.73 Å². The molecule has 0 atom stereocenters. The molecule has 0 saturated carbocycles. The minimum Gasteiger partial charge on any atom is -0.396 e. The fourth-order valence-corrected chi connectivity index (χ4v) is 3.48. The lowest BCUT2D eigenvalue weighted by molar-refractivity contribution is 0.882. The summed E-state index contributed by atoms with van der Waals surface area (Å²) in [7, 11) is 0. The average molecular weight is 424 g/mol. The molecule has 152 valence electrons. The zero-order valence-corrected chi connectivity index (χ0v) is 17.8. The Morgan fingerprint density at radius 3 is 2.39 bits per heavy atom. The molecule has 5 rings (SSSR count). The van der Waals surface area contributed by atoms with Crippen molar-refractivity contribution in [2.75, 3.05) is 0 Å². The highest BCUT2D eigenvalue weighted by Gasteiger charge is 2.17. The number of nitrogens with zero attached hydrogens (tertiary/aromatic N) is 4. The summed E-state index contributed by atoms with van der Waals surface area (Å²) in [5.41, 5.74) is 12.4. The highest BCUT2D eigenvalue weighted by Crippen LogP contribution is 2.35. The number of aromatic nitrogens is 4. The number of para-hydroxylation sites is 2. The van der Waals surface area contributed by atoms with E-state index in [4.69, 9.17) is 10.1 Å². The van der Waals surface area contributed by atoms with E-state index in [1.54, 1.807) is 0 Å². The third-order valence-corrected chi connectivity index (χ3v) is 4.81. The third-order valence-electron chi connectivity index (χ3n) is 4.81. The smallest absolute Gasteiger partial charge is 0.119 e. The highest BCUT2D eigenvalue weighted by molar-refractivity contribution is 7.78. The van der Waals surface area contributed by atoms with E-state index >= 15 is 0 Å². The predicted molar refractivity (Wildman–Crippen MR) is 130 cm³/mol. The van der Waals surface area contributed by atoms with Gasteiger partial charge in [0, 0.05) is 29.0 Å². The summed E-state index contributed by atoms with van der Waals surface area (Å²) in [6.45, 7) is 2.00. The molecule has 5 nitrogen and oxygen atoms in total. The van der Waals surface area contributed by atoms with Gasteiger partial charge in [-0.05, 0) is 48.9 Å². The molecule has 0 aliphatic heterocycles. The van der Waals surface area contributed by atoms with Crippen molar-refractivity contribution in [1.29, 1.82) is 0 Å². The normalized spacial score (nSPS) is 10.4. The topological polar surface area (TPSA) is 69.6 Å². The van der Waals surface area contributed by atoms with Crippen molar-refractivity contribution >= 4 is 28.6 Å². The Balaban J connectivity index is 0.000000730. The van der Waals surface area contributed by atoms with Crippen LogP contribution in [0.2, 0.25) is 0 Å². The maximum Gasteiger partial charge on any atom is 0.119 e. The van der Waals surface area contributed by atoms with Crippen molar-refractivity contribution in [2.24, 2.45) is 5.73 Å². The van der Waals surface area contributed by atoms with Gasteiger partial charge in [0.1, 0.15) is 5.69 Å². The number of hydrogen-bond donors (Lipinski definition) is 1. The summed E-state index contributed by atoms with van der Waals surface area (Å²) in [6, 6.07) is 26.4. The zero-order valence-electron chi connectivity index (χ0n) is 17.0. The monoisotopic (exact) mass is 423 g/mol. The largest absolute Gasteiger partial charge is 0.396 e. The number of nitrogens with two attached hydrogens (primary N) is 1. The van der Waals surface area contributed by atoms with Crippen LogP contribution in [-0.4, -0.2) is 25.2 Å². The van der Waals surface area contributed by atoms with Gasteiger partial charge in [0.15, 0.2) is 0 Å². The maximum absolute atomic E-state index is 4.91. The third kappa shape index (κ3) is 4.34. The number of fused-ring (bicyclic) bond motifs is 1. The van der Waals surface area contributed by atoms with Crippen molar-refractivity contribution in [2.45, 2.75) is 6.92 Å². The average Bonchev–Trinajstić information content (AvgIpc) is 3.25. The standard InChI is InChI=1S/C24H18N4.CH3NS/c1-17-8-7-13-23(26-17)24-21(16-28(27-24)18-9-3-2-4-10-18)19-14-15-25-22-12-6-5-11-20(19)22;2-1-3/h2-16H,1H3;1H,(H2,2,3). The number of benzene rings is 2. The first-order chi connectivity index (χ1) is 15.2. The van der Waals surface area contributed by atoms with Gasteiger partial charge in [0.25, 0.3) is 0 Å². The number of pyridine rings is 2. The molecule has 5 aromatic rings. The molecule has 0 spiro atoms. The second kappa shape index (κ2) is 9.28. The van der Waals surface area contributed by atoms with Crippen LogP contribution >= 0.6 is 12.2 Å². The summed E-state index contributed by atoms with van der Waals surface area (Å²) >= 11 is 4.05. The van der Waals surface area contributed by atoms with Crippen LogP contribution in [-0.2, 0) is 0 Å². The van der Waals surface area contributed by atoms with Crippen LogP contribution in [0.15, 0.2) is 91.3 Å². The lowest BCUT2D eigenvalue weighted by Crippen LogP contribution is -1.95. The summed E-state index contributed by atoms with van der Waals surface area (Å²) in [4.78, 5) is 9.23. The molecule has 0 aliphatic rings. The van der Waals surface area contributed by atoms with Crippen molar-refractivity contribution in [3.63, 3.8) is 0 Å². The zero-order chi connectivity index (χ0) is 21.6. The lowest BCUT2D eigenvalue weighted by Gasteiger charge is -2.06. The van der Waals surface area contributed by atoms with E-state index in [9.17, 15) is 0 Å². The Bertz CT molecular complexity index is 1320. The number of rotatable bonds is 3. The molecule has 0 bridgehead atoms. The molecule has 31 heavy (non-hydrogen) atoms. The number of thiocarbonyl (C=S) groups is 1. The van der Waals surface area contributed by atoms with Crippen molar-refractivity contribution < 1.29 is 0 Å². The van der Waals surface area contributed by atoms with E-state index in [0.717, 1.165) is 50.3 Å². The molecule has 2 aromatic carbocycles. The Morgan fingerprint density at radius 2 is 1.61 bits per heavy atom. The Hall–Kier alpha value is -3.90. The van der Waals surface area contributed by atoms with Crippen LogP contribution in [0.1, 0.15) is 5.69 Å². The Morgan fingerprint density at radius 1 is 0.871 bits per heavy atom. The van der Waals surface area contributed by atoms with Crippen molar-refractivity contribution in [3.05, 3.63) is 97.0 Å². The van der Waals surface area contributed by atoms with E-state index in [2.05, 4.69) is 47.3 Å². The summed E-state index contributed by atoms with van der Waals surface area (Å²) in [5, 5.41) is 6.01. The minimum atomic E-state index is 0.865. The van der Waals surface area contributed by atoms with Crippen LogP contribution in [0.25, 0.3) is 39.1 Å². The van der Waals surface area contributed by atoms with Crippen molar-refractivity contribution in [1.82, 2.24) is 19.7 Å². The minimum absolute atomic E-state index is 0.865. The number of hydrogen-bond acceptors (Lipinski definition) is 4. The first-order valence-electron chi connectivity index (χ1n) is 9.80. The molecule has 0 saturated heterocycles. The highest BCUT2D eigenvalue weighted by atomic mass is 32.1. The van der Waals surface area contributed by atoms with Crippen LogP contribution in [0.3, 0.4) is 0 Å². The van der Waals surface area contributed by atoms with E-state index in [0.29, 0.717) is 0 Å². The molecule has 3 heterocycles. The van der Waals surface area contributed by atoms with E-state index < -0.39 is 0 Å². The molecule has 0 aliphatic carbocycles. The van der Waals surface area contributed by atoms with Crippen LogP contribution in [0.5, 0.6) is 0 Å². The fraction of sp³-hybridized carbons (Fsp3) is 0.0400. The molecule has 0 amide bonds. The Kier molecular flexibility index (Phi) is 6.10. The first-order valence-corrected chi connectivity index (χ1v) is 10.3. The summed E-state index contributed by atoms with van der Waals surface area (Å²) in [5.74, 6) is 0. The van der Waals surface area contributed by atoms with Crippen LogP contribution in [0.4, 0.5) is 0 Å². The SMILES string of the molecule is Cc1cccc(-c2nn(-c3ccccc3)cc2-c2ccnc3ccccc23)n1.NC=S. The summed E-state index contributed by atoms with van der Waals surface area (Å²) < 4.78 is 1.92. The maximum atomic E-state index is 4.91. The molecular weight excluding hydrogens is 402 g/mol. The van der Waals surface area contributed by atoms with E-state index in [1.807, 2.05) is 78.5 Å². The van der Waals surface area contributed by atoms with Gasteiger partial charge in [-0.1, -0.05) is 54.7 Å². The molecule has 2 N–H and O–H groups in total. The molecule has 6 heteroatoms. The molecular formula is C25H21N5S. The van der Waals surface area contributed by atoms with Gasteiger partial charge in [0.2, 0.25) is 0 Å². The van der Waals surface area contributed by atoms with Gasteiger partial charge in [-0.3, -0.25) is 9.97 Å². The fourth-order valence-electron chi connectivity index (χ4n) is 3.48. The predicted octanol–water partition coefficient (Wildman–Crippen LogP) is 5.36. The number of aryl methyl sites for hydroxylation is 1. The summed E-state index contributed by atoms with van der Waals surface area (Å²) in [6.07, 6.45) is 3.93. The van der Waals surface area contributed by atoms with Gasteiger partial charge in [0.05, 0.1) is 22.4 Å². The van der Waals surface area contributed by atoms with Crippen LogP contribution in [0, 0.1) is 6.92 Å². The Labute approximate surface area is 186 Å². The van der Waals surface area contributed by atoms with Gasteiger partial charge < -0.3 is 5.73 Å². The molecule has 0 unspecified atom stereocenters.